The van der Waals surface area contributed by atoms with E-state index in [-0.39, 0.29) is 0 Å². The lowest BCUT2D eigenvalue weighted by Gasteiger charge is -2.26. The number of benzene rings is 1. The van der Waals surface area contributed by atoms with Crippen LogP contribution in [0, 0.1) is 0 Å². The number of carbonyl (C=O) groups is 1. The van der Waals surface area contributed by atoms with Crippen molar-refractivity contribution in [2.75, 3.05) is 51.3 Å². The van der Waals surface area contributed by atoms with E-state index in [1.165, 1.54) is 4.31 Å². The SMILES string of the molecule is C=CCN(S)C(=O)Nc1ccc2ncc(-c3ccc(OCCN4CCOCC4)cc3)nc2n1. The lowest BCUT2D eigenvalue weighted by molar-refractivity contribution is 0.0322. The van der Waals surface area contributed by atoms with Crippen LogP contribution >= 0.6 is 12.8 Å². The number of nitrogens with zero attached hydrogens (tertiary/aromatic N) is 5. The molecule has 1 aromatic carbocycles. The highest BCUT2D eigenvalue weighted by molar-refractivity contribution is 7.78. The third-order valence-electron chi connectivity index (χ3n) is 5.11. The number of hydrogen-bond donors (Lipinski definition) is 2. The zero-order valence-corrected chi connectivity index (χ0v) is 19.1. The van der Waals surface area contributed by atoms with E-state index < -0.39 is 6.03 Å². The number of anilines is 1. The number of hydrogen-bond acceptors (Lipinski definition) is 8. The summed E-state index contributed by atoms with van der Waals surface area (Å²) < 4.78 is 12.4. The van der Waals surface area contributed by atoms with Gasteiger partial charge < -0.3 is 9.47 Å². The molecule has 0 radical (unpaired) electrons. The van der Waals surface area contributed by atoms with Gasteiger partial charge in [-0.05, 0) is 36.4 Å². The van der Waals surface area contributed by atoms with Gasteiger partial charge in [0.15, 0.2) is 5.65 Å². The number of morpholine rings is 1. The van der Waals surface area contributed by atoms with Crippen molar-refractivity contribution >= 4 is 35.8 Å². The van der Waals surface area contributed by atoms with Crippen molar-refractivity contribution < 1.29 is 14.3 Å². The van der Waals surface area contributed by atoms with E-state index >= 15 is 0 Å². The van der Waals surface area contributed by atoms with Gasteiger partial charge in [0.2, 0.25) is 0 Å². The first-order valence-corrected chi connectivity index (χ1v) is 11.1. The second-order valence-corrected chi connectivity index (χ2v) is 7.91. The molecule has 1 aliphatic heterocycles. The van der Waals surface area contributed by atoms with E-state index in [0.29, 0.717) is 35.8 Å². The Morgan fingerprint density at radius 2 is 2.00 bits per heavy atom. The van der Waals surface area contributed by atoms with Gasteiger partial charge >= 0.3 is 6.03 Å². The van der Waals surface area contributed by atoms with Crippen LogP contribution in [0.4, 0.5) is 10.6 Å². The molecule has 3 aromatic rings. The maximum absolute atomic E-state index is 12.1. The summed E-state index contributed by atoms with van der Waals surface area (Å²) in [5, 5.41) is 2.69. The Labute approximate surface area is 198 Å². The average Bonchev–Trinajstić information content (AvgIpc) is 2.85. The molecule has 1 aliphatic rings. The Bertz CT molecular complexity index is 1110. The highest BCUT2D eigenvalue weighted by Gasteiger charge is 2.12. The normalized spacial score (nSPS) is 14.1. The van der Waals surface area contributed by atoms with E-state index in [4.69, 9.17) is 9.47 Å². The molecule has 1 saturated heterocycles. The summed E-state index contributed by atoms with van der Waals surface area (Å²) in [7, 11) is 0. The Morgan fingerprint density at radius 3 is 2.76 bits per heavy atom. The third kappa shape index (κ3) is 6.19. The second-order valence-electron chi connectivity index (χ2n) is 7.42. The fraction of sp³-hybridized carbons (Fsp3) is 0.304. The Kier molecular flexibility index (Phi) is 7.71. The third-order valence-corrected chi connectivity index (χ3v) is 5.45. The Morgan fingerprint density at radius 1 is 1.21 bits per heavy atom. The lowest BCUT2D eigenvalue weighted by atomic mass is 10.1. The van der Waals surface area contributed by atoms with Crippen LogP contribution in [0.3, 0.4) is 0 Å². The minimum atomic E-state index is -0.404. The fourth-order valence-electron chi connectivity index (χ4n) is 3.33. The molecule has 2 aromatic heterocycles. The van der Waals surface area contributed by atoms with Crippen LogP contribution in [0.15, 0.2) is 55.3 Å². The van der Waals surface area contributed by atoms with Crippen LogP contribution in [-0.4, -0.2) is 76.2 Å². The van der Waals surface area contributed by atoms with Crippen molar-refractivity contribution in [1.29, 1.82) is 0 Å². The van der Waals surface area contributed by atoms with E-state index in [1.807, 2.05) is 24.3 Å². The average molecular weight is 467 g/mol. The molecule has 9 nitrogen and oxygen atoms in total. The summed E-state index contributed by atoms with van der Waals surface area (Å²) in [5.41, 5.74) is 2.65. The summed E-state index contributed by atoms with van der Waals surface area (Å²) in [6.07, 6.45) is 3.29. The highest BCUT2D eigenvalue weighted by atomic mass is 32.1. The molecule has 0 spiro atoms. The van der Waals surface area contributed by atoms with Crippen molar-refractivity contribution in [2.24, 2.45) is 0 Å². The molecule has 1 fully saturated rings. The molecule has 33 heavy (non-hydrogen) atoms. The van der Waals surface area contributed by atoms with Crippen molar-refractivity contribution in [3.05, 3.63) is 55.3 Å². The first-order chi connectivity index (χ1) is 16.1. The quantitative estimate of drug-likeness (QED) is 0.389. The number of thiol groups is 1. The van der Waals surface area contributed by atoms with Crippen LogP contribution in [0.5, 0.6) is 5.75 Å². The van der Waals surface area contributed by atoms with Crippen molar-refractivity contribution in [3.63, 3.8) is 0 Å². The lowest BCUT2D eigenvalue weighted by Crippen LogP contribution is -2.38. The van der Waals surface area contributed by atoms with Crippen molar-refractivity contribution in [2.45, 2.75) is 0 Å². The minimum absolute atomic E-state index is 0.305. The zero-order valence-electron chi connectivity index (χ0n) is 18.2. The molecule has 0 aliphatic carbocycles. The van der Waals surface area contributed by atoms with Gasteiger partial charge in [-0.3, -0.25) is 19.5 Å². The summed E-state index contributed by atoms with van der Waals surface area (Å²) in [6, 6.07) is 10.8. The molecule has 0 bridgehead atoms. The van der Waals surface area contributed by atoms with Gasteiger partial charge in [0.25, 0.3) is 0 Å². The minimum Gasteiger partial charge on any atom is -0.492 e. The van der Waals surface area contributed by atoms with Gasteiger partial charge in [0, 0.05) is 25.2 Å². The van der Waals surface area contributed by atoms with Crippen LogP contribution in [0.2, 0.25) is 0 Å². The first-order valence-electron chi connectivity index (χ1n) is 10.7. The number of pyridine rings is 1. The predicted octanol–water partition coefficient (Wildman–Crippen LogP) is 3.27. The van der Waals surface area contributed by atoms with E-state index in [9.17, 15) is 4.79 Å². The highest BCUT2D eigenvalue weighted by Crippen LogP contribution is 2.22. The Hall–Kier alpha value is -3.21. The van der Waals surface area contributed by atoms with Crippen LogP contribution in [-0.2, 0) is 4.74 Å². The fourth-order valence-corrected chi connectivity index (χ4v) is 3.49. The molecule has 0 unspecified atom stereocenters. The van der Waals surface area contributed by atoms with Gasteiger partial charge in [-0.25, -0.2) is 14.8 Å². The molecule has 3 heterocycles. The molecule has 10 heteroatoms. The molecule has 0 atom stereocenters. The number of nitrogens with one attached hydrogen (secondary N) is 1. The van der Waals surface area contributed by atoms with E-state index in [1.54, 1.807) is 24.4 Å². The van der Waals surface area contributed by atoms with Gasteiger partial charge in [0.1, 0.15) is 23.7 Å². The van der Waals surface area contributed by atoms with Crippen LogP contribution in [0.25, 0.3) is 22.4 Å². The van der Waals surface area contributed by atoms with Gasteiger partial charge in [-0.2, -0.15) is 0 Å². The predicted molar refractivity (Wildman–Crippen MR) is 130 cm³/mol. The largest absolute Gasteiger partial charge is 0.492 e. The van der Waals surface area contributed by atoms with Gasteiger partial charge in [-0.15, -0.1) is 6.58 Å². The summed E-state index contributed by atoms with van der Waals surface area (Å²) in [5.74, 6) is 1.17. The van der Waals surface area contributed by atoms with Crippen molar-refractivity contribution in [1.82, 2.24) is 24.2 Å². The molecule has 1 N–H and O–H groups in total. The smallest absolute Gasteiger partial charge is 0.333 e. The summed E-state index contributed by atoms with van der Waals surface area (Å²) in [4.78, 5) is 27.9. The summed E-state index contributed by atoms with van der Waals surface area (Å²) >= 11 is 4.11. The number of fused-ring (bicyclic) bond motifs is 1. The number of carbonyl (C=O) groups excluding carboxylic acids is 1. The molecule has 0 saturated carbocycles. The van der Waals surface area contributed by atoms with E-state index in [0.717, 1.165) is 44.2 Å². The zero-order chi connectivity index (χ0) is 23.0. The molecule has 172 valence electrons. The number of rotatable bonds is 8. The Balaban J connectivity index is 1.40. The van der Waals surface area contributed by atoms with Crippen LogP contribution in [0.1, 0.15) is 0 Å². The number of aromatic nitrogens is 3. The number of urea groups is 1. The number of amides is 2. The topological polar surface area (TPSA) is 92.7 Å². The van der Waals surface area contributed by atoms with E-state index in [2.05, 4.69) is 44.6 Å². The molecule has 2 amide bonds. The first kappa shape index (κ1) is 23.0. The van der Waals surface area contributed by atoms with Crippen LogP contribution < -0.4 is 10.1 Å². The molecular weight excluding hydrogens is 440 g/mol. The maximum atomic E-state index is 12.1. The standard InChI is InChI=1S/C23H26N6O3S/c1-2-9-29(33)23(30)27-21-8-7-19-22(26-21)25-20(16-24-19)17-3-5-18(6-4-17)32-15-12-28-10-13-31-14-11-28/h2-8,16,33H,1,9-15H2,(H,25,26,27,30). The second kappa shape index (κ2) is 11.1. The number of ether oxygens (including phenoxy) is 2. The van der Waals surface area contributed by atoms with Crippen molar-refractivity contribution in [3.8, 4) is 17.0 Å². The van der Waals surface area contributed by atoms with Gasteiger partial charge in [0.05, 0.1) is 31.6 Å². The molecule has 4 rings (SSSR count). The monoisotopic (exact) mass is 466 g/mol. The molecular formula is C23H26N6O3S. The summed E-state index contributed by atoms with van der Waals surface area (Å²) in [6.45, 7) is 8.87. The maximum Gasteiger partial charge on any atom is 0.333 e. The van der Waals surface area contributed by atoms with Gasteiger partial charge in [-0.1, -0.05) is 18.9 Å².